The Morgan fingerprint density at radius 3 is 2.90 bits per heavy atom. The molecule has 0 bridgehead atoms. The third-order valence-electron chi connectivity index (χ3n) is 6.68. The number of anilines is 2. The molecule has 2 atom stereocenters. The second kappa shape index (κ2) is 6.76. The van der Waals surface area contributed by atoms with Crippen molar-refractivity contribution < 1.29 is 0 Å². The number of rotatable bonds is 4. The van der Waals surface area contributed by atoms with Crippen LogP contribution in [0.1, 0.15) is 44.2 Å². The molecule has 1 aliphatic carbocycles. The molecule has 4 aromatic rings. The van der Waals surface area contributed by atoms with Gasteiger partial charge in [-0.3, -0.25) is 0 Å². The lowest BCUT2D eigenvalue weighted by Gasteiger charge is -2.25. The smallest absolute Gasteiger partial charge is 0.132 e. The van der Waals surface area contributed by atoms with Crippen molar-refractivity contribution >= 4 is 33.4 Å². The van der Waals surface area contributed by atoms with Crippen molar-refractivity contribution in [2.45, 2.75) is 45.1 Å². The van der Waals surface area contributed by atoms with Gasteiger partial charge in [-0.05, 0) is 73.4 Å². The normalized spacial score (nSPS) is 21.9. The lowest BCUT2D eigenvalue weighted by Crippen LogP contribution is -2.14. The molecule has 1 fully saturated rings. The summed E-state index contributed by atoms with van der Waals surface area (Å²) < 4.78 is 2.40. The quantitative estimate of drug-likeness (QED) is 0.511. The molecule has 3 aromatic heterocycles. The molecular formula is C24H27N5. The number of nitrogen functional groups attached to an aromatic ring is 2. The van der Waals surface area contributed by atoms with Gasteiger partial charge in [-0.15, -0.1) is 0 Å². The Balaban J connectivity index is 1.31. The molecule has 1 saturated carbocycles. The summed E-state index contributed by atoms with van der Waals surface area (Å²) in [7, 11) is 0. The van der Waals surface area contributed by atoms with E-state index >= 15 is 0 Å². The summed E-state index contributed by atoms with van der Waals surface area (Å²) in [6.45, 7) is 2.44. The van der Waals surface area contributed by atoms with Gasteiger partial charge >= 0.3 is 0 Å². The van der Waals surface area contributed by atoms with Crippen LogP contribution in [0.25, 0.3) is 21.8 Å². The topological polar surface area (TPSA) is 82.8 Å². The van der Waals surface area contributed by atoms with Crippen LogP contribution in [0.3, 0.4) is 0 Å². The highest BCUT2D eigenvalue weighted by atomic mass is 15.0. The maximum absolute atomic E-state index is 6.05. The molecule has 5 heteroatoms. The van der Waals surface area contributed by atoms with E-state index in [0.29, 0.717) is 23.1 Å². The van der Waals surface area contributed by atoms with E-state index in [-0.39, 0.29) is 0 Å². The fourth-order valence-corrected chi connectivity index (χ4v) is 4.96. The predicted octanol–water partition coefficient (Wildman–Crippen LogP) is 5.11. The van der Waals surface area contributed by atoms with Crippen molar-refractivity contribution in [3.8, 4) is 0 Å². The first-order valence-corrected chi connectivity index (χ1v) is 10.4. The van der Waals surface area contributed by atoms with Crippen LogP contribution in [0.15, 0.2) is 54.9 Å². The molecule has 0 amide bonds. The average Bonchev–Trinajstić information content (AvgIpc) is 3.31. The van der Waals surface area contributed by atoms with Gasteiger partial charge in [0.25, 0.3) is 0 Å². The van der Waals surface area contributed by atoms with Crippen LogP contribution in [0.2, 0.25) is 0 Å². The summed E-state index contributed by atoms with van der Waals surface area (Å²) in [5, 5.41) is 2.20. The number of pyridine rings is 2. The SMILES string of the molecule is C[C@@]1(CCc2ccc3ccc(N)nc3c2)CCC(n2ccc3c(N)nccc32)C1. The Labute approximate surface area is 170 Å². The minimum absolute atomic E-state index is 0.345. The number of aryl methyl sites for hydroxylation is 1. The Bertz CT molecular complexity index is 1190. The van der Waals surface area contributed by atoms with Crippen LogP contribution in [0.4, 0.5) is 11.6 Å². The molecule has 0 spiro atoms. The fourth-order valence-electron chi connectivity index (χ4n) is 4.96. The highest BCUT2D eigenvalue weighted by Gasteiger charge is 2.35. The molecular weight excluding hydrogens is 358 g/mol. The number of benzene rings is 1. The predicted molar refractivity (Wildman–Crippen MR) is 120 cm³/mol. The molecule has 1 unspecified atom stereocenters. The molecule has 1 aromatic carbocycles. The summed E-state index contributed by atoms with van der Waals surface area (Å²) in [5.74, 6) is 1.20. The highest BCUT2D eigenvalue weighted by molar-refractivity contribution is 5.89. The van der Waals surface area contributed by atoms with Crippen molar-refractivity contribution in [1.29, 1.82) is 0 Å². The minimum atomic E-state index is 0.345. The maximum atomic E-state index is 6.05. The van der Waals surface area contributed by atoms with Gasteiger partial charge in [0.15, 0.2) is 0 Å². The van der Waals surface area contributed by atoms with E-state index in [4.69, 9.17) is 11.5 Å². The fraction of sp³-hybridized carbons (Fsp3) is 0.333. The van der Waals surface area contributed by atoms with E-state index in [2.05, 4.69) is 58.0 Å². The summed E-state index contributed by atoms with van der Waals surface area (Å²) in [6.07, 6.45) is 9.88. The van der Waals surface area contributed by atoms with E-state index in [1.54, 1.807) is 0 Å². The number of hydrogen-bond acceptors (Lipinski definition) is 4. The van der Waals surface area contributed by atoms with E-state index in [0.717, 1.165) is 22.7 Å². The molecule has 3 heterocycles. The van der Waals surface area contributed by atoms with Crippen molar-refractivity contribution in [3.63, 3.8) is 0 Å². The van der Waals surface area contributed by atoms with Gasteiger partial charge in [0.1, 0.15) is 11.6 Å². The third kappa shape index (κ3) is 3.31. The lowest BCUT2D eigenvalue weighted by molar-refractivity contribution is 0.295. The number of fused-ring (bicyclic) bond motifs is 2. The van der Waals surface area contributed by atoms with E-state index in [1.165, 1.54) is 36.8 Å². The van der Waals surface area contributed by atoms with E-state index in [9.17, 15) is 0 Å². The summed E-state index contributed by atoms with van der Waals surface area (Å²) in [5.41, 5.74) is 15.8. The molecule has 29 heavy (non-hydrogen) atoms. The van der Waals surface area contributed by atoms with Crippen molar-refractivity contribution in [1.82, 2.24) is 14.5 Å². The van der Waals surface area contributed by atoms with E-state index < -0.39 is 0 Å². The van der Waals surface area contributed by atoms with Crippen LogP contribution in [0, 0.1) is 5.41 Å². The molecule has 148 valence electrons. The first-order valence-electron chi connectivity index (χ1n) is 10.4. The largest absolute Gasteiger partial charge is 0.384 e. The maximum Gasteiger partial charge on any atom is 0.132 e. The van der Waals surface area contributed by atoms with Gasteiger partial charge in [0.05, 0.1) is 11.0 Å². The van der Waals surface area contributed by atoms with Gasteiger partial charge in [0, 0.05) is 29.2 Å². The van der Waals surface area contributed by atoms with Gasteiger partial charge in [-0.1, -0.05) is 19.1 Å². The van der Waals surface area contributed by atoms with E-state index in [1.807, 2.05) is 18.3 Å². The Kier molecular flexibility index (Phi) is 4.19. The van der Waals surface area contributed by atoms with Crippen LogP contribution in [-0.4, -0.2) is 14.5 Å². The number of nitrogens with zero attached hydrogens (tertiary/aromatic N) is 3. The summed E-state index contributed by atoms with van der Waals surface area (Å²) >= 11 is 0. The summed E-state index contributed by atoms with van der Waals surface area (Å²) in [4.78, 5) is 8.69. The third-order valence-corrected chi connectivity index (χ3v) is 6.68. The minimum Gasteiger partial charge on any atom is -0.384 e. The highest BCUT2D eigenvalue weighted by Crippen LogP contribution is 2.47. The van der Waals surface area contributed by atoms with Crippen LogP contribution < -0.4 is 11.5 Å². The Hall–Kier alpha value is -3.08. The zero-order valence-corrected chi connectivity index (χ0v) is 16.8. The number of aromatic nitrogens is 3. The molecule has 4 N–H and O–H groups in total. The van der Waals surface area contributed by atoms with Crippen molar-refractivity contribution in [2.24, 2.45) is 5.41 Å². The van der Waals surface area contributed by atoms with Crippen molar-refractivity contribution in [3.05, 3.63) is 60.4 Å². The zero-order valence-electron chi connectivity index (χ0n) is 16.8. The zero-order chi connectivity index (χ0) is 20.0. The lowest BCUT2D eigenvalue weighted by atomic mass is 9.82. The Morgan fingerprint density at radius 1 is 1.14 bits per heavy atom. The Morgan fingerprint density at radius 2 is 2.00 bits per heavy atom. The number of hydrogen-bond donors (Lipinski definition) is 2. The summed E-state index contributed by atoms with van der Waals surface area (Å²) in [6, 6.07) is 15.2. The van der Waals surface area contributed by atoms with Crippen LogP contribution in [0.5, 0.6) is 0 Å². The average molecular weight is 386 g/mol. The van der Waals surface area contributed by atoms with Gasteiger partial charge in [-0.25, -0.2) is 9.97 Å². The monoisotopic (exact) mass is 385 g/mol. The van der Waals surface area contributed by atoms with Crippen LogP contribution in [-0.2, 0) is 6.42 Å². The first kappa shape index (κ1) is 18.0. The van der Waals surface area contributed by atoms with Crippen LogP contribution >= 0.6 is 0 Å². The molecule has 0 aliphatic heterocycles. The standard InChI is InChI=1S/C24H27N5/c1-24(10-6-16-2-3-17-4-5-22(25)28-20(17)14-16)11-7-18(15-24)29-13-9-19-21(29)8-12-27-23(19)26/h2-5,8-9,12-14,18H,6-7,10-11,15H2,1H3,(H2,25,28)(H2,26,27)/t18?,24-/m1/s1. The first-order chi connectivity index (χ1) is 14.0. The molecule has 0 saturated heterocycles. The van der Waals surface area contributed by atoms with Gasteiger partial charge in [0.2, 0.25) is 0 Å². The molecule has 0 radical (unpaired) electrons. The second-order valence-corrected chi connectivity index (χ2v) is 8.82. The molecule has 1 aliphatic rings. The molecule has 5 rings (SSSR count). The molecule has 5 nitrogen and oxygen atoms in total. The number of nitrogens with two attached hydrogens (primary N) is 2. The van der Waals surface area contributed by atoms with Crippen molar-refractivity contribution in [2.75, 3.05) is 11.5 Å². The second-order valence-electron chi connectivity index (χ2n) is 8.82. The van der Waals surface area contributed by atoms with Gasteiger partial charge < -0.3 is 16.0 Å². The van der Waals surface area contributed by atoms with Gasteiger partial charge in [-0.2, -0.15) is 0 Å².